The maximum absolute atomic E-state index is 11.8. The number of carbonyl (C=O) groups excluding carboxylic acids is 1. The van der Waals surface area contributed by atoms with Gasteiger partial charge in [0.2, 0.25) is 0 Å². The predicted octanol–water partition coefficient (Wildman–Crippen LogP) is 3.31. The van der Waals surface area contributed by atoms with Gasteiger partial charge in [-0.05, 0) is 43.2 Å². The van der Waals surface area contributed by atoms with Gasteiger partial charge in [0.1, 0.15) is 5.75 Å². The molecule has 1 aromatic heterocycles. The third-order valence-corrected chi connectivity index (χ3v) is 3.58. The van der Waals surface area contributed by atoms with E-state index in [0.29, 0.717) is 5.75 Å². The number of benzene rings is 2. The Balaban J connectivity index is 1.55. The minimum atomic E-state index is -0.301. The summed E-state index contributed by atoms with van der Waals surface area (Å²) in [6.07, 6.45) is 3.47. The first-order valence-electron chi connectivity index (χ1n) is 7.71. The second kappa shape index (κ2) is 7.00. The van der Waals surface area contributed by atoms with Crippen molar-refractivity contribution in [2.45, 2.75) is 13.8 Å². The molecule has 5 nitrogen and oxygen atoms in total. The number of para-hydroxylation sites is 1. The Morgan fingerprint density at radius 1 is 1.21 bits per heavy atom. The zero-order chi connectivity index (χ0) is 16.9. The first kappa shape index (κ1) is 15.8. The molecule has 0 saturated carbocycles. The number of hydrogen-bond acceptors (Lipinski definition) is 3. The van der Waals surface area contributed by atoms with Crippen LogP contribution in [-0.4, -0.2) is 23.7 Å². The van der Waals surface area contributed by atoms with Crippen LogP contribution in [0.25, 0.3) is 10.9 Å². The largest absolute Gasteiger partial charge is 0.484 e. The summed E-state index contributed by atoms with van der Waals surface area (Å²) < 4.78 is 5.50. The van der Waals surface area contributed by atoms with Crippen LogP contribution in [-0.2, 0) is 4.79 Å². The molecule has 24 heavy (non-hydrogen) atoms. The van der Waals surface area contributed by atoms with Crippen molar-refractivity contribution in [2.75, 3.05) is 6.61 Å². The third kappa shape index (κ3) is 3.81. The van der Waals surface area contributed by atoms with Crippen molar-refractivity contribution in [3.8, 4) is 5.75 Å². The number of fused-ring (bicyclic) bond motifs is 1. The number of H-pyrrole nitrogens is 1. The topological polar surface area (TPSA) is 66.5 Å². The Morgan fingerprint density at radius 2 is 1.96 bits per heavy atom. The van der Waals surface area contributed by atoms with Crippen molar-refractivity contribution in [1.82, 2.24) is 10.4 Å². The molecule has 0 aliphatic rings. The highest BCUT2D eigenvalue weighted by Gasteiger charge is 2.03. The van der Waals surface area contributed by atoms with Gasteiger partial charge >= 0.3 is 0 Å². The summed E-state index contributed by atoms with van der Waals surface area (Å²) in [7, 11) is 0. The van der Waals surface area contributed by atoms with E-state index in [-0.39, 0.29) is 12.5 Å². The number of nitrogens with zero attached hydrogens (tertiary/aromatic N) is 1. The van der Waals surface area contributed by atoms with Gasteiger partial charge in [0.25, 0.3) is 5.91 Å². The van der Waals surface area contributed by atoms with Gasteiger partial charge in [0.15, 0.2) is 6.61 Å². The Bertz CT molecular complexity index is 876. The molecule has 0 aliphatic heterocycles. The number of aromatic nitrogens is 1. The van der Waals surface area contributed by atoms with Crippen LogP contribution in [0.15, 0.2) is 53.8 Å². The summed E-state index contributed by atoms with van der Waals surface area (Å²) in [6.45, 7) is 3.91. The number of hydrazone groups is 1. The lowest BCUT2D eigenvalue weighted by Crippen LogP contribution is -2.24. The number of carbonyl (C=O) groups is 1. The first-order chi connectivity index (χ1) is 11.6. The third-order valence-electron chi connectivity index (χ3n) is 3.58. The summed E-state index contributed by atoms with van der Waals surface area (Å²) >= 11 is 0. The lowest BCUT2D eigenvalue weighted by molar-refractivity contribution is -0.123. The van der Waals surface area contributed by atoms with Crippen LogP contribution in [0.2, 0.25) is 0 Å². The fourth-order valence-corrected chi connectivity index (χ4v) is 2.57. The average Bonchev–Trinajstić information content (AvgIpc) is 2.96. The van der Waals surface area contributed by atoms with Gasteiger partial charge in [-0.25, -0.2) is 5.43 Å². The normalized spacial score (nSPS) is 11.1. The van der Waals surface area contributed by atoms with E-state index in [0.717, 1.165) is 27.6 Å². The van der Waals surface area contributed by atoms with Crippen LogP contribution in [0.1, 0.15) is 16.7 Å². The van der Waals surface area contributed by atoms with Gasteiger partial charge in [-0.2, -0.15) is 5.10 Å². The van der Waals surface area contributed by atoms with Gasteiger partial charge in [-0.3, -0.25) is 4.79 Å². The lowest BCUT2D eigenvalue weighted by Gasteiger charge is -2.07. The molecule has 0 radical (unpaired) electrons. The lowest BCUT2D eigenvalue weighted by atomic mass is 10.1. The van der Waals surface area contributed by atoms with Gasteiger partial charge in [-0.15, -0.1) is 0 Å². The molecule has 2 aromatic carbocycles. The highest BCUT2D eigenvalue weighted by Crippen LogP contribution is 2.16. The molecule has 1 heterocycles. The number of ether oxygens (including phenoxy) is 1. The van der Waals surface area contributed by atoms with Crippen molar-refractivity contribution in [3.63, 3.8) is 0 Å². The monoisotopic (exact) mass is 321 g/mol. The van der Waals surface area contributed by atoms with E-state index in [1.54, 1.807) is 6.21 Å². The molecule has 0 atom stereocenters. The average molecular weight is 321 g/mol. The quantitative estimate of drug-likeness (QED) is 0.559. The second-order valence-corrected chi connectivity index (χ2v) is 5.69. The maximum Gasteiger partial charge on any atom is 0.277 e. The molecule has 3 rings (SSSR count). The van der Waals surface area contributed by atoms with E-state index < -0.39 is 0 Å². The molecule has 0 spiro atoms. The molecule has 2 N–H and O–H groups in total. The van der Waals surface area contributed by atoms with E-state index in [9.17, 15) is 4.79 Å². The van der Waals surface area contributed by atoms with E-state index in [4.69, 9.17) is 4.74 Å². The number of aryl methyl sites for hydroxylation is 2. The van der Waals surface area contributed by atoms with Gasteiger partial charge in [0, 0.05) is 22.7 Å². The SMILES string of the molecule is Cc1cc(C)cc(OCC(=O)N/N=C/c2c[nH]c3ccccc23)c1. The highest BCUT2D eigenvalue weighted by atomic mass is 16.5. The number of hydrogen-bond donors (Lipinski definition) is 2. The van der Waals surface area contributed by atoms with Crippen molar-refractivity contribution >= 4 is 23.0 Å². The zero-order valence-corrected chi connectivity index (χ0v) is 13.7. The summed E-state index contributed by atoms with van der Waals surface area (Å²) in [5.74, 6) is 0.383. The number of nitrogens with one attached hydrogen (secondary N) is 2. The van der Waals surface area contributed by atoms with E-state index in [1.807, 2.05) is 56.4 Å². The summed E-state index contributed by atoms with van der Waals surface area (Å²) in [6, 6.07) is 13.8. The van der Waals surface area contributed by atoms with E-state index in [2.05, 4.69) is 21.6 Å². The number of rotatable bonds is 5. The van der Waals surface area contributed by atoms with Crippen molar-refractivity contribution in [2.24, 2.45) is 5.10 Å². The fourth-order valence-electron chi connectivity index (χ4n) is 2.57. The van der Waals surface area contributed by atoms with Crippen molar-refractivity contribution in [3.05, 3.63) is 65.4 Å². The maximum atomic E-state index is 11.8. The molecule has 0 bridgehead atoms. The van der Waals surface area contributed by atoms with E-state index in [1.165, 1.54) is 0 Å². The Labute approximate surface area is 140 Å². The molecule has 5 heteroatoms. The standard InChI is InChI=1S/C19H19N3O2/c1-13-7-14(2)9-16(8-13)24-12-19(23)22-21-11-15-10-20-18-6-4-3-5-17(15)18/h3-11,20H,12H2,1-2H3,(H,22,23)/b21-11+. The molecule has 0 fully saturated rings. The minimum absolute atomic E-state index is 0.0753. The molecule has 122 valence electrons. The zero-order valence-electron chi connectivity index (χ0n) is 13.7. The molecular weight excluding hydrogens is 302 g/mol. The van der Waals surface area contributed by atoms with Crippen LogP contribution in [0.4, 0.5) is 0 Å². The predicted molar refractivity (Wildman–Crippen MR) is 95.4 cm³/mol. The molecule has 0 unspecified atom stereocenters. The molecule has 0 saturated heterocycles. The smallest absolute Gasteiger partial charge is 0.277 e. The summed E-state index contributed by atoms with van der Waals surface area (Å²) in [4.78, 5) is 15.0. The Hall–Kier alpha value is -3.08. The highest BCUT2D eigenvalue weighted by molar-refractivity contribution is 5.99. The van der Waals surface area contributed by atoms with E-state index >= 15 is 0 Å². The first-order valence-corrected chi connectivity index (χ1v) is 7.71. The van der Waals surface area contributed by atoms with Gasteiger partial charge in [0.05, 0.1) is 6.21 Å². The molecule has 3 aromatic rings. The Kier molecular flexibility index (Phi) is 4.61. The number of aromatic amines is 1. The molecular formula is C19H19N3O2. The Morgan fingerprint density at radius 3 is 2.75 bits per heavy atom. The fraction of sp³-hybridized carbons (Fsp3) is 0.158. The molecule has 1 amide bonds. The van der Waals surface area contributed by atoms with Gasteiger partial charge in [-0.1, -0.05) is 24.3 Å². The van der Waals surface area contributed by atoms with Crippen LogP contribution < -0.4 is 10.2 Å². The van der Waals surface area contributed by atoms with Crippen LogP contribution in [0.3, 0.4) is 0 Å². The second-order valence-electron chi connectivity index (χ2n) is 5.69. The van der Waals surface area contributed by atoms with Crippen LogP contribution >= 0.6 is 0 Å². The minimum Gasteiger partial charge on any atom is -0.484 e. The number of amides is 1. The summed E-state index contributed by atoms with van der Waals surface area (Å²) in [5, 5.41) is 5.04. The van der Waals surface area contributed by atoms with Crippen LogP contribution in [0, 0.1) is 13.8 Å². The van der Waals surface area contributed by atoms with Crippen molar-refractivity contribution < 1.29 is 9.53 Å². The van der Waals surface area contributed by atoms with Crippen LogP contribution in [0.5, 0.6) is 5.75 Å². The van der Waals surface area contributed by atoms with Crippen molar-refractivity contribution in [1.29, 1.82) is 0 Å². The molecule has 0 aliphatic carbocycles. The summed E-state index contributed by atoms with van der Waals surface area (Å²) in [5.41, 5.74) is 6.62. The van der Waals surface area contributed by atoms with Gasteiger partial charge < -0.3 is 9.72 Å².